The monoisotopic (exact) mass is 350 g/mol. The van der Waals surface area contributed by atoms with Crippen molar-refractivity contribution in [3.63, 3.8) is 0 Å². The molecule has 0 spiro atoms. The normalized spacial score (nSPS) is 12.8. The topological polar surface area (TPSA) is 93.1 Å². The minimum Gasteiger partial charge on any atom is -0.352 e. The molecular weight excluding hydrogens is 328 g/mol. The number of sulfonamides is 1. The number of rotatable bonds is 8. The Labute approximate surface area is 142 Å². The lowest BCUT2D eigenvalue weighted by Gasteiger charge is -2.13. The first kappa shape index (κ1) is 18.2. The van der Waals surface area contributed by atoms with Crippen LogP contribution in [0.5, 0.6) is 0 Å². The number of nitrogens with one attached hydrogen (secondary N) is 2. The maximum atomic E-state index is 12.1. The van der Waals surface area contributed by atoms with Gasteiger partial charge in [0.2, 0.25) is 10.0 Å². The van der Waals surface area contributed by atoms with Crippen LogP contribution >= 0.6 is 0 Å². The van der Waals surface area contributed by atoms with Crippen LogP contribution in [-0.2, 0) is 16.6 Å². The summed E-state index contributed by atoms with van der Waals surface area (Å²) < 4.78 is 27.9. The van der Waals surface area contributed by atoms with Crippen molar-refractivity contribution in [2.45, 2.75) is 25.3 Å². The zero-order valence-electron chi connectivity index (χ0n) is 13.8. The summed E-state index contributed by atoms with van der Waals surface area (Å²) in [7, 11) is -3.50. The van der Waals surface area contributed by atoms with Gasteiger partial charge >= 0.3 is 0 Å². The third-order valence-electron chi connectivity index (χ3n) is 3.43. The van der Waals surface area contributed by atoms with Crippen molar-refractivity contribution in [2.24, 2.45) is 5.92 Å². The summed E-state index contributed by atoms with van der Waals surface area (Å²) in [5.74, 6) is -0.00281. The summed E-state index contributed by atoms with van der Waals surface area (Å²) in [4.78, 5) is 12.3. The van der Waals surface area contributed by atoms with Crippen molar-refractivity contribution in [2.75, 3.05) is 13.1 Å². The molecule has 1 aromatic heterocycles. The number of hydrogen-bond acceptors (Lipinski definition) is 4. The van der Waals surface area contributed by atoms with Crippen molar-refractivity contribution in [3.8, 4) is 0 Å². The first-order valence-electron chi connectivity index (χ1n) is 7.77. The van der Waals surface area contributed by atoms with Crippen LogP contribution in [-0.4, -0.2) is 37.2 Å². The molecule has 0 fully saturated rings. The summed E-state index contributed by atoms with van der Waals surface area (Å²) in [6, 6.07) is 7.74. The van der Waals surface area contributed by atoms with Crippen LogP contribution in [0, 0.1) is 5.92 Å². The van der Waals surface area contributed by atoms with Gasteiger partial charge in [0.05, 0.1) is 4.90 Å². The number of amides is 1. The summed E-state index contributed by atoms with van der Waals surface area (Å²) in [5, 5.41) is 6.98. The molecule has 0 radical (unpaired) electrons. The average Bonchev–Trinajstić information content (AvgIpc) is 3.05. The molecule has 1 aromatic carbocycles. The largest absolute Gasteiger partial charge is 0.352 e. The quantitative estimate of drug-likeness (QED) is 0.749. The zero-order valence-corrected chi connectivity index (χ0v) is 14.6. The minimum atomic E-state index is -3.50. The highest BCUT2D eigenvalue weighted by Gasteiger charge is 2.14. The maximum absolute atomic E-state index is 12.1. The van der Waals surface area contributed by atoms with E-state index in [0.29, 0.717) is 25.2 Å². The van der Waals surface area contributed by atoms with E-state index in [1.807, 2.05) is 23.9 Å². The number of carbonyl (C=O) groups excluding carboxylic acids is 1. The van der Waals surface area contributed by atoms with Crippen LogP contribution in [0.3, 0.4) is 0 Å². The number of aromatic nitrogens is 2. The highest BCUT2D eigenvalue weighted by molar-refractivity contribution is 7.89. The minimum absolute atomic E-state index is 0.146. The van der Waals surface area contributed by atoms with Crippen molar-refractivity contribution in [3.05, 3.63) is 48.3 Å². The Morgan fingerprint density at radius 1 is 1.29 bits per heavy atom. The third kappa shape index (κ3) is 4.90. The van der Waals surface area contributed by atoms with Gasteiger partial charge in [0, 0.05) is 37.6 Å². The number of nitrogens with zero attached hydrogens (tertiary/aromatic N) is 2. The first-order chi connectivity index (χ1) is 11.4. The molecule has 8 heteroatoms. The molecule has 7 nitrogen and oxygen atoms in total. The Morgan fingerprint density at radius 2 is 2.00 bits per heavy atom. The van der Waals surface area contributed by atoms with Crippen LogP contribution in [0.15, 0.2) is 47.6 Å². The molecule has 2 aromatic rings. The van der Waals surface area contributed by atoms with Gasteiger partial charge in [-0.3, -0.25) is 9.48 Å². The molecule has 24 heavy (non-hydrogen) atoms. The van der Waals surface area contributed by atoms with Gasteiger partial charge in [-0.15, -0.1) is 0 Å². The van der Waals surface area contributed by atoms with Gasteiger partial charge in [0.25, 0.3) is 5.91 Å². The lowest BCUT2D eigenvalue weighted by Crippen LogP contribution is -2.30. The number of hydrogen-bond donors (Lipinski definition) is 2. The van der Waals surface area contributed by atoms with E-state index >= 15 is 0 Å². The molecule has 0 aliphatic carbocycles. The molecule has 2 rings (SSSR count). The molecule has 0 saturated carbocycles. The standard InChI is InChI=1S/C16H22N4O3S/c1-3-19-24(22,23)15-7-5-14(6-8-15)16(21)17-11-13(2)12-20-10-4-9-18-20/h4-10,13,19H,3,11-12H2,1-2H3,(H,17,21). The molecule has 1 unspecified atom stereocenters. The number of benzene rings is 1. The fraction of sp³-hybridized carbons (Fsp3) is 0.375. The second-order valence-corrected chi connectivity index (χ2v) is 7.34. The van der Waals surface area contributed by atoms with Gasteiger partial charge in [-0.2, -0.15) is 5.10 Å². The van der Waals surface area contributed by atoms with Crippen LogP contribution in [0.1, 0.15) is 24.2 Å². The summed E-state index contributed by atoms with van der Waals surface area (Å²) in [5.41, 5.74) is 0.428. The van der Waals surface area contributed by atoms with E-state index < -0.39 is 10.0 Å². The Kier molecular flexibility index (Phi) is 6.10. The van der Waals surface area contributed by atoms with Crippen LogP contribution in [0.2, 0.25) is 0 Å². The molecule has 0 saturated heterocycles. The van der Waals surface area contributed by atoms with Gasteiger partial charge in [0.15, 0.2) is 0 Å². The second kappa shape index (κ2) is 8.07. The molecule has 1 atom stereocenters. The highest BCUT2D eigenvalue weighted by Crippen LogP contribution is 2.10. The van der Waals surface area contributed by atoms with Crippen molar-refractivity contribution >= 4 is 15.9 Å². The number of carbonyl (C=O) groups is 1. The SMILES string of the molecule is CCNS(=O)(=O)c1ccc(C(=O)NCC(C)Cn2cccn2)cc1. The van der Waals surface area contributed by atoms with Crippen molar-refractivity contribution in [1.29, 1.82) is 0 Å². The Balaban J connectivity index is 1.90. The third-order valence-corrected chi connectivity index (χ3v) is 4.99. The van der Waals surface area contributed by atoms with Crippen LogP contribution < -0.4 is 10.0 Å². The predicted octanol–water partition coefficient (Wildman–Crippen LogP) is 1.25. The zero-order chi connectivity index (χ0) is 17.6. The van der Waals surface area contributed by atoms with Crippen LogP contribution in [0.4, 0.5) is 0 Å². The van der Waals surface area contributed by atoms with E-state index in [9.17, 15) is 13.2 Å². The lowest BCUT2D eigenvalue weighted by molar-refractivity contribution is 0.0946. The maximum Gasteiger partial charge on any atom is 0.251 e. The molecule has 2 N–H and O–H groups in total. The molecule has 0 aliphatic heterocycles. The van der Waals surface area contributed by atoms with Crippen LogP contribution in [0.25, 0.3) is 0 Å². The van der Waals surface area contributed by atoms with Crippen molar-refractivity contribution in [1.82, 2.24) is 19.8 Å². The average molecular weight is 350 g/mol. The van der Waals surface area contributed by atoms with Gasteiger partial charge in [-0.1, -0.05) is 13.8 Å². The first-order valence-corrected chi connectivity index (χ1v) is 9.26. The fourth-order valence-electron chi connectivity index (χ4n) is 2.22. The summed E-state index contributed by atoms with van der Waals surface area (Å²) in [6.07, 6.45) is 3.59. The van der Waals surface area contributed by atoms with E-state index in [-0.39, 0.29) is 16.7 Å². The second-order valence-electron chi connectivity index (χ2n) is 5.57. The highest BCUT2D eigenvalue weighted by atomic mass is 32.2. The fourth-order valence-corrected chi connectivity index (χ4v) is 3.26. The Morgan fingerprint density at radius 3 is 2.58 bits per heavy atom. The van der Waals surface area contributed by atoms with Gasteiger partial charge < -0.3 is 5.32 Å². The van der Waals surface area contributed by atoms with E-state index in [0.717, 1.165) is 0 Å². The molecule has 1 heterocycles. The Hall–Kier alpha value is -2.19. The molecule has 0 bridgehead atoms. The van der Waals surface area contributed by atoms with Gasteiger partial charge in [-0.25, -0.2) is 13.1 Å². The van der Waals surface area contributed by atoms with Crippen molar-refractivity contribution < 1.29 is 13.2 Å². The van der Waals surface area contributed by atoms with Gasteiger partial charge in [0.1, 0.15) is 0 Å². The van der Waals surface area contributed by atoms with E-state index in [2.05, 4.69) is 15.1 Å². The Bertz CT molecular complexity index is 755. The predicted molar refractivity (Wildman–Crippen MR) is 91.0 cm³/mol. The molecule has 1 amide bonds. The summed E-state index contributed by atoms with van der Waals surface area (Å²) in [6.45, 7) is 5.28. The summed E-state index contributed by atoms with van der Waals surface area (Å²) >= 11 is 0. The van der Waals surface area contributed by atoms with E-state index in [1.54, 1.807) is 13.1 Å². The molecule has 0 aliphatic rings. The molecule has 130 valence electrons. The van der Waals surface area contributed by atoms with Gasteiger partial charge in [-0.05, 0) is 36.2 Å². The van der Waals surface area contributed by atoms with E-state index in [1.165, 1.54) is 24.3 Å². The molecular formula is C16H22N4O3S. The van der Waals surface area contributed by atoms with E-state index in [4.69, 9.17) is 0 Å². The smallest absolute Gasteiger partial charge is 0.251 e. The lowest BCUT2D eigenvalue weighted by atomic mass is 10.1.